The zero-order chi connectivity index (χ0) is 12.3. The molecule has 0 radical (unpaired) electrons. The Morgan fingerprint density at radius 2 is 1.94 bits per heavy atom. The highest BCUT2D eigenvalue weighted by Crippen LogP contribution is 2.14. The van der Waals surface area contributed by atoms with Crippen LogP contribution in [-0.2, 0) is 14.6 Å². The Morgan fingerprint density at radius 1 is 1.24 bits per heavy atom. The van der Waals surface area contributed by atoms with E-state index in [0.717, 1.165) is 5.41 Å². The molecule has 0 spiro atoms. The second-order valence-corrected chi connectivity index (χ2v) is 5.41. The third kappa shape index (κ3) is 3.32. The minimum absolute atomic E-state index is 0.225. The van der Waals surface area contributed by atoms with Crippen LogP contribution in [0, 0.1) is 0 Å². The number of sulfone groups is 1. The summed E-state index contributed by atoms with van der Waals surface area (Å²) in [7, 11) is -3.23. The molecule has 5 nitrogen and oxygen atoms in total. The lowest BCUT2D eigenvalue weighted by atomic mass is 10.3. The molecular weight excluding hydrogens is 244 g/mol. The Hall–Kier alpha value is -1.82. The zero-order valence-electron chi connectivity index (χ0n) is 8.78. The van der Waals surface area contributed by atoms with E-state index in [9.17, 15) is 13.2 Å². The summed E-state index contributed by atoms with van der Waals surface area (Å²) in [5.41, 5.74) is 0. The van der Waals surface area contributed by atoms with E-state index in [4.69, 9.17) is 9.47 Å². The Labute approximate surface area is 98.6 Å². The number of carbonyl (C=O) groups excluding carboxylic acids is 1. The van der Waals surface area contributed by atoms with Crippen molar-refractivity contribution in [2.75, 3.05) is 5.75 Å². The van der Waals surface area contributed by atoms with Crippen LogP contribution >= 0.6 is 0 Å². The predicted molar refractivity (Wildman–Crippen MR) is 60.3 cm³/mol. The molecule has 1 aliphatic heterocycles. The molecule has 1 unspecified atom stereocenters. The maximum absolute atomic E-state index is 11.3. The summed E-state index contributed by atoms with van der Waals surface area (Å²) in [5.74, 6) is 0.124. The first kappa shape index (κ1) is 11.7. The third-order valence-corrected chi connectivity index (χ3v) is 3.45. The van der Waals surface area contributed by atoms with Gasteiger partial charge in [0.05, 0.1) is 5.75 Å². The lowest BCUT2D eigenvalue weighted by Gasteiger charge is -2.09. The van der Waals surface area contributed by atoms with Gasteiger partial charge >= 0.3 is 6.16 Å². The molecule has 0 saturated heterocycles. The van der Waals surface area contributed by atoms with Crippen molar-refractivity contribution in [1.82, 2.24) is 0 Å². The predicted octanol–water partition coefficient (Wildman–Crippen LogP) is 1.51. The SMILES string of the molecule is O=C(Oc1ccccc1)OC1C=CS(=O)(=O)C1. The lowest BCUT2D eigenvalue weighted by molar-refractivity contribution is 0.0841. The van der Waals surface area contributed by atoms with E-state index in [2.05, 4.69) is 0 Å². The molecule has 0 fully saturated rings. The Morgan fingerprint density at radius 3 is 2.53 bits per heavy atom. The topological polar surface area (TPSA) is 69.7 Å². The van der Waals surface area contributed by atoms with Crippen molar-refractivity contribution in [3.05, 3.63) is 41.8 Å². The van der Waals surface area contributed by atoms with Crippen molar-refractivity contribution in [2.45, 2.75) is 6.10 Å². The van der Waals surface area contributed by atoms with Crippen LogP contribution in [0.4, 0.5) is 4.79 Å². The van der Waals surface area contributed by atoms with Gasteiger partial charge in [-0.25, -0.2) is 13.2 Å². The zero-order valence-corrected chi connectivity index (χ0v) is 9.59. The fourth-order valence-corrected chi connectivity index (χ4v) is 2.52. The van der Waals surface area contributed by atoms with Crippen molar-refractivity contribution >= 4 is 16.0 Å². The quantitative estimate of drug-likeness (QED) is 0.591. The molecule has 0 amide bonds. The summed E-state index contributed by atoms with van der Waals surface area (Å²) >= 11 is 0. The van der Waals surface area contributed by atoms with E-state index in [0.29, 0.717) is 5.75 Å². The molecule has 0 aliphatic carbocycles. The highest BCUT2D eigenvalue weighted by Gasteiger charge is 2.25. The number of para-hydroxylation sites is 1. The van der Waals surface area contributed by atoms with Crippen LogP contribution in [-0.4, -0.2) is 26.4 Å². The summed E-state index contributed by atoms with van der Waals surface area (Å²) in [4.78, 5) is 11.3. The molecule has 17 heavy (non-hydrogen) atoms. The number of carbonyl (C=O) groups is 1. The van der Waals surface area contributed by atoms with Crippen LogP contribution in [0.1, 0.15) is 0 Å². The second-order valence-electron chi connectivity index (χ2n) is 3.48. The first-order valence-corrected chi connectivity index (χ1v) is 6.61. The van der Waals surface area contributed by atoms with Crippen molar-refractivity contribution in [2.24, 2.45) is 0 Å². The molecule has 6 heteroatoms. The average molecular weight is 254 g/mol. The smallest absolute Gasteiger partial charge is 0.425 e. The minimum atomic E-state index is -3.23. The van der Waals surface area contributed by atoms with Gasteiger partial charge in [0.25, 0.3) is 0 Å². The van der Waals surface area contributed by atoms with Crippen molar-refractivity contribution in [3.63, 3.8) is 0 Å². The van der Waals surface area contributed by atoms with E-state index in [-0.39, 0.29) is 5.75 Å². The van der Waals surface area contributed by atoms with Gasteiger partial charge in [-0.05, 0) is 18.2 Å². The summed E-state index contributed by atoms with van der Waals surface area (Å²) in [5, 5.41) is 1.04. The standard InChI is InChI=1S/C11H10O5S/c12-11(15-9-4-2-1-3-5-9)16-10-6-7-17(13,14)8-10/h1-7,10H,8H2. The maximum Gasteiger partial charge on any atom is 0.514 e. The van der Waals surface area contributed by atoms with Crippen molar-refractivity contribution in [3.8, 4) is 5.75 Å². The number of hydrogen-bond donors (Lipinski definition) is 0. The molecule has 1 heterocycles. The summed E-state index contributed by atoms with van der Waals surface area (Å²) in [6, 6.07) is 8.40. The average Bonchev–Trinajstić information content (AvgIpc) is 2.59. The van der Waals surface area contributed by atoms with Gasteiger partial charge in [0.15, 0.2) is 9.84 Å². The highest BCUT2D eigenvalue weighted by molar-refractivity contribution is 7.94. The maximum atomic E-state index is 11.3. The molecule has 0 saturated carbocycles. The Kier molecular flexibility index (Phi) is 3.14. The third-order valence-electron chi connectivity index (χ3n) is 2.09. The Balaban J connectivity index is 1.89. The summed E-state index contributed by atoms with van der Waals surface area (Å²) < 4.78 is 31.8. The lowest BCUT2D eigenvalue weighted by Crippen LogP contribution is -2.22. The molecule has 2 rings (SSSR count). The van der Waals surface area contributed by atoms with Gasteiger partial charge in [0.1, 0.15) is 11.9 Å². The van der Waals surface area contributed by atoms with Gasteiger partial charge in [0, 0.05) is 5.41 Å². The van der Waals surface area contributed by atoms with Crippen LogP contribution in [0.5, 0.6) is 5.75 Å². The molecule has 1 aromatic rings. The van der Waals surface area contributed by atoms with Crippen LogP contribution in [0.3, 0.4) is 0 Å². The first-order valence-electron chi connectivity index (χ1n) is 4.90. The van der Waals surface area contributed by atoms with E-state index < -0.39 is 22.1 Å². The number of rotatable bonds is 2. The Bertz CT molecular complexity index is 532. The normalized spacial score (nSPS) is 21.1. The minimum Gasteiger partial charge on any atom is -0.425 e. The number of ether oxygens (including phenoxy) is 2. The van der Waals surface area contributed by atoms with Gasteiger partial charge in [-0.3, -0.25) is 0 Å². The molecule has 1 atom stereocenters. The fourth-order valence-electron chi connectivity index (χ4n) is 1.35. The van der Waals surface area contributed by atoms with Gasteiger partial charge in [-0.1, -0.05) is 18.2 Å². The molecule has 90 valence electrons. The van der Waals surface area contributed by atoms with Crippen molar-refractivity contribution in [1.29, 1.82) is 0 Å². The van der Waals surface area contributed by atoms with Crippen LogP contribution in [0.25, 0.3) is 0 Å². The van der Waals surface area contributed by atoms with Gasteiger partial charge < -0.3 is 9.47 Å². The number of benzene rings is 1. The largest absolute Gasteiger partial charge is 0.514 e. The highest BCUT2D eigenvalue weighted by atomic mass is 32.2. The van der Waals surface area contributed by atoms with E-state index >= 15 is 0 Å². The molecule has 0 bridgehead atoms. The fraction of sp³-hybridized carbons (Fsp3) is 0.182. The molecule has 0 aromatic heterocycles. The summed E-state index contributed by atoms with van der Waals surface area (Å²) in [6.07, 6.45) is -0.360. The first-order chi connectivity index (χ1) is 8.05. The molecule has 1 aromatic carbocycles. The van der Waals surface area contributed by atoms with Crippen molar-refractivity contribution < 1.29 is 22.7 Å². The van der Waals surface area contributed by atoms with Crippen LogP contribution in [0.2, 0.25) is 0 Å². The number of hydrogen-bond acceptors (Lipinski definition) is 5. The molecule has 0 N–H and O–H groups in total. The van der Waals surface area contributed by atoms with E-state index in [1.807, 2.05) is 0 Å². The van der Waals surface area contributed by atoms with Gasteiger partial charge in [0.2, 0.25) is 0 Å². The summed E-state index contributed by atoms with van der Waals surface area (Å²) in [6.45, 7) is 0. The second kappa shape index (κ2) is 4.58. The van der Waals surface area contributed by atoms with E-state index in [1.165, 1.54) is 6.08 Å². The van der Waals surface area contributed by atoms with Crippen LogP contribution in [0.15, 0.2) is 41.8 Å². The monoisotopic (exact) mass is 254 g/mol. The van der Waals surface area contributed by atoms with E-state index in [1.54, 1.807) is 30.3 Å². The molecule has 1 aliphatic rings. The molecular formula is C11H10O5S. The van der Waals surface area contributed by atoms with Gasteiger partial charge in [-0.2, -0.15) is 0 Å². The van der Waals surface area contributed by atoms with Gasteiger partial charge in [-0.15, -0.1) is 0 Å². The van der Waals surface area contributed by atoms with Crippen LogP contribution < -0.4 is 4.74 Å².